The van der Waals surface area contributed by atoms with Gasteiger partial charge in [-0.25, -0.2) is 9.97 Å². The first-order chi connectivity index (χ1) is 13.7. The zero-order valence-corrected chi connectivity index (χ0v) is 17.3. The monoisotopic (exact) mass is 394 g/mol. The van der Waals surface area contributed by atoms with Crippen molar-refractivity contribution in [2.45, 2.75) is 20.0 Å². The molecule has 5 nitrogen and oxygen atoms in total. The average molecular weight is 395 g/mol. The predicted molar refractivity (Wildman–Crippen MR) is 117 cm³/mol. The van der Waals surface area contributed by atoms with Crippen LogP contribution in [-0.4, -0.2) is 46.6 Å². The lowest BCUT2D eigenvalue weighted by molar-refractivity contribution is 0.287. The second kappa shape index (κ2) is 8.80. The van der Waals surface area contributed by atoms with E-state index in [1.54, 1.807) is 7.11 Å². The summed E-state index contributed by atoms with van der Waals surface area (Å²) < 4.78 is 5.48. The molecule has 0 atom stereocenters. The number of hydrogen-bond acceptors (Lipinski definition) is 6. The van der Waals surface area contributed by atoms with Crippen LogP contribution >= 0.6 is 11.8 Å². The van der Waals surface area contributed by atoms with Crippen LogP contribution in [0.2, 0.25) is 0 Å². The molecule has 1 saturated heterocycles. The highest BCUT2D eigenvalue weighted by Gasteiger charge is 2.15. The highest BCUT2D eigenvalue weighted by atomic mass is 32.2. The summed E-state index contributed by atoms with van der Waals surface area (Å²) in [6.07, 6.45) is 0. The highest BCUT2D eigenvalue weighted by Crippen LogP contribution is 2.26. The molecule has 3 aromatic rings. The van der Waals surface area contributed by atoms with E-state index in [1.165, 1.54) is 17.1 Å². The van der Waals surface area contributed by atoms with E-state index in [1.807, 2.05) is 30.0 Å². The maximum Gasteiger partial charge on any atom is 0.145 e. The molecule has 0 saturated carbocycles. The third-order valence-electron chi connectivity index (χ3n) is 5.08. The predicted octanol–water partition coefficient (Wildman–Crippen LogP) is 4.11. The summed E-state index contributed by atoms with van der Waals surface area (Å²) in [6.45, 7) is 5.77. The van der Waals surface area contributed by atoms with E-state index in [9.17, 15) is 0 Å². The zero-order chi connectivity index (χ0) is 19.3. The first kappa shape index (κ1) is 19.0. The molecule has 0 unspecified atom stereocenters. The van der Waals surface area contributed by atoms with Crippen molar-refractivity contribution < 1.29 is 4.74 Å². The number of ether oxygens (including phenoxy) is 1. The molecular weight excluding hydrogens is 368 g/mol. The minimum atomic E-state index is 0.657. The summed E-state index contributed by atoms with van der Waals surface area (Å²) in [7, 11) is 1.71. The van der Waals surface area contributed by atoms with Crippen LogP contribution in [-0.2, 0) is 13.1 Å². The molecule has 28 heavy (non-hydrogen) atoms. The second-order valence-corrected chi connectivity index (χ2v) is 8.24. The fourth-order valence-electron chi connectivity index (χ4n) is 3.53. The Morgan fingerprint density at radius 3 is 2.71 bits per heavy atom. The van der Waals surface area contributed by atoms with E-state index < -0.39 is 0 Å². The lowest BCUT2D eigenvalue weighted by Crippen LogP contribution is -2.32. The molecule has 1 fully saturated rings. The van der Waals surface area contributed by atoms with E-state index in [0.717, 1.165) is 53.5 Å². The van der Waals surface area contributed by atoms with Crippen LogP contribution in [0.4, 0.5) is 5.82 Å². The molecule has 2 aromatic carbocycles. The van der Waals surface area contributed by atoms with Gasteiger partial charge in [0.2, 0.25) is 0 Å². The average Bonchev–Trinajstić information content (AvgIpc) is 2.73. The molecule has 0 bridgehead atoms. The first-order valence-corrected chi connectivity index (χ1v) is 10.8. The fraction of sp³-hybridized carbons (Fsp3) is 0.364. The van der Waals surface area contributed by atoms with Gasteiger partial charge in [0.15, 0.2) is 0 Å². The Balaban J connectivity index is 1.64. The Labute approximate surface area is 170 Å². The number of fused-ring (bicyclic) bond motifs is 1. The van der Waals surface area contributed by atoms with Crippen molar-refractivity contribution in [3.63, 3.8) is 0 Å². The maximum atomic E-state index is 5.48. The number of para-hydroxylation sites is 2. The van der Waals surface area contributed by atoms with Gasteiger partial charge in [0.25, 0.3) is 0 Å². The van der Waals surface area contributed by atoms with Crippen molar-refractivity contribution in [2.24, 2.45) is 0 Å². The molecule has 1 aliphatic rings. The van der Waals surface area contributed by atoms with Gasteiger partial charge in [-0.3, -0.25) is 4.90 Å². The Morgan fingerprint density at radius 1 is 1.07 bits per heavy atom. The van der Waals surface area contributed by atoms with Crippen molar-refractivity contribution in [1.82, 2.24) is 14.9 Å². The smallest absolute Gasteiger partial charge is 0.145 e. The van der Waals surface area contributed by atoms with E-state index >= 15 is 0 Å². The number of aromatic nitrogens is 2. The summed E-state index contributed by atoms with van der Waals surface area (Å²) in [5.74, 6) is 5.03. The molecule has 146 valence electrons. The zero-order valence-electron chi connectivity index (χ0n) is 16.4. The molecule has 1 aromatic heterocycles. The summed E-state index contributed by atoms with van der Waals surface area (Å²) in [6, 6.07) is 14.3. The van der Waals surface area contributed by atoms with Gasteiger partial charge < -0.3 is 10.1 Å². The molecular formula is C22H26N4OS. The van der Waals surface area contributed by atoms with Gasteiger partial charge in [0.05, 0.1) is 19.2 Å². The largest absolute Gasteiger partial charge is 0.496 e. The quantitative estimate of drug-likeness (QED) is 0.679. The van der Waals surface area contributed by atoms with Gasteiger partial charge in [-0.1, -0.05) is 30.3 Å². The number of nitrogens with zero attached hydrogens (tertiary/aromatic N) is 3. The summed E-state index contributed by atoms with van der Waals surface area (Å²) in [5, 5.41) is 4.59. The van der Waals surface area contributed by atoms with Crippen LogP contribution in [0.1, 0.15) is 17.0 Å². The number of thioether (sulfide) groups is 1. The molecule has 0 spiro atoms. The molecule has 2 heterocycles. The van der Waals surface area contributed by atoms with E-state index in [2.05, 4.69) is 41.4 Å². The Morgan fingerprint density at radius 2 is 1.89 bits per heavy atom. The van der Waals surface area contributed by atoms with Gasteiger partial charge in [-0.15, -0.1) is 0 Å². The minimum absolute atomic E-state index is 0.657. The van der Waals surface area contributed by atoms with Crippen LogP contribution < -0.4 is 10.1 Å². The first-order valence-electron chi connectivity index (χ1n) is 9.66. The van der Waals surface area contributed by atoms with Gasteiger partial charge in [0, 0.05) is 42.1 Å². The second-order valence-electron chi connectivity index (χ2n) is 7.01. The molecule has 0 radical (unpaired) electrons. The molecule has 6 heteroatoms. The lowest BCUT2D eigenvalue weighted by Gasteiger charge is -2.25. The standard InChI is InChI=1S/C22H26N4OS/c1-16-6-5-8-18-21(16)24-20(15-26-10-12-28-13-11-26)25-22(18)23-14-17-7-3-4-9-19(17)27-2/h3-9H,10-15H2,1-2H3,(H,23,24,25). The Hall–Kier alpha value is -2.31. The Bertz CT molecular complexity index is 956. The number of hydrogen-bond donors (Lipinski definition) is 1. The molecule has 0 aliphatic carbocycles. The summed E-state index contributed by atoms with van der Waals surface area (Å²) in [4.78, 5) is 12.2. The number of aryl methyl sites for hydroxylation is 1. The van der Waals surface area contributed by atoms with Crippen LogP contribution in [0.15, 0.2) is 42.5 Å². The van der Waals surface area contributed by atoms with Crippen LogP contribution in [0.25, 0.3) is 10.9 Å². The third kappa shape index (κ3) is 4.23. The number of benzene rings is 2. The number of nitrogens with one attached hydrogen (secondary N) is 1. The van der Waals surface area contributed by atoms with Gasteiger partial charge >= 0.3 is 0 Å². The van der Waals surface area contributed by atoms with Crippen molar-refractivity contribution in [2.75, 3.05) is 37.0 Å². The molecule has 1 aliphatic heterocycles. The van der Waals surface area contributed by atoms with Crippen molar-refractivity contribution in [1.29, 1.82) is 0 Å². The minimum Gasteiger partial charge on any atom is -0.496 e. The van der Waals surface area contributed by atoms with Crippen molar-refractivity contribution >= 4 is 28.5 Å². The van der Waals surface area contributed by atoms with E-state index in [4.69, 9.17) is 14.7 Å². The number of rotatable bonds is 6. The fourth-order valence-corrected chi connectivity index (χ4v) is 4.51. The molecule has 1 N–H and O–H groups in total. The van der Waals surface area contributed by atoms with Gasteiger partial charge in [-0.05, 0) is 24.6 Å². The maximum absolute atomic E-state index is 5.48. The SMILES string of the molecule is COc1ccccc1CNc1nc(CN2CCSCC2)nc2c(C)cccc12. The van der Waals surface area contributed by atoms with E-state index in [-0.39, 0.29) is 0 Å². The normalized spacial score (nSPS) is 14.9. The Kier molecular flexibility index (Phi) is 5.98. The third-order valence-corrected chi connectivity index (χ3v) is 6.02. The van der Waals surface area contributed by atoms with E-state index in [0.29, 0.717) is 6.54 Å². The molecule has 4 rings (SSSR count). The summed E-state index contributed by atoms with van der Waals surface area (Å²) in [5.41, 5.74) is 3.32. The lowest BCUT2D eigenvalue weighted by atomic mass is 10.1. The van der Waals surface area contributed by atoms with Gasteiger partial charge in [0.1, 0.15) is 17.4 Å². The topological polar surface area (TPSA) is 50.3 Å². The van der Waals surface area contributed by atoms with Crippen molar-refractivity contribution in [3.05, 3.63) is 59.4 Å². The van der Waals surface area contributed by atoms with Gasteiger partial charge in [-0.2, -0.15) is 11.8 Å². The van der Waals surface area contributed by atoms with Crippen LogP contribution in [0.5, 0.6) is 5.75 Å². The highest BCUT2D eigenvalue weighted by molar-refractivity contribution is 7.99. The van der Waals surface area contributed by atoms with Crippen LogP contribution in [0.3, 0.4) is 0 Å². The van der Waals surface area contributed by atoms with Crippen LogP contribution in [0, 0.1) is 6.92 Å². The number of anilines is 1. The summed E-state index contributed by atoms with van der Waals surface area (Å²) >= 11 is 2.02. The van der Waals surface area contributed by atoms with Crippen molar-refractivity contribution in [3.8, 4) is 5.75 Å². The molecule has 0 amide bonds. The number of methoxy groups -OCH3 is 1.